The van der Waals surface area contributed by atoms with Crippen molar-refractivity contribution in [3.05, 3.63) is 0 Å². The Kier molecular flexibility index (Phi) is 3.29. The number of carboxylic acid groups (broad SMARTS) is 1. The second-order valence-electron chi connectivity index (χ2n) is 4.20. The Balaban J connectivity index is 2.20. The van der Waals surface area contributed by atoms with Crippen molar-refractivity contribution >= 4 is 34.8 Å². The number of carbonyl (C=O) groups excluding carboxylic acids is 3. The van der Waals surface area contributed by atoms with Crippen LogP contribution in [-0.4, -0.2) is 62.8 Å². The molecule has 0 aromatic rings. The number of rotatable bonds is 3. The van der Waals surface area contributed by atoms with E-state index in [-0.39, 0.29) is 24.5 Å². The van der Waals surface area contributed by atoms with Gasteiger partial charge in [0.05, 0.1) is 0 Å². The van der Waals surface area contributed by atoms with Gasteiger partial charge in [-0.05, 0) is 6.42 Å². The van der Waals surface area contributed by atoms with Gasteiger partial charge in [0.2, 0.25) is 5.91 Å². The summed E-state index contributed by atoms with van der Waals surface area (Å²) in [5.74, 6) is -1.53. The first kappa shape index (κ1) is 12.9. The molecule has 2 saturated heterocycles. The second kappa shape index (κ2) is 4.60. The van der Waals surface area contributed by atoms with Gasteiger partial charge in [0.1, 0.15) is 12.1 Å². The van der Waals surface area contributed by atoms with Crippen LogP contribution in [0.2, 0.25) is 0 Å². The lowest BCUT2D eigenvalue weighted by atomic mass is 10.0. The summed E-state index contributed by atoms with van der Waals surface area (Å²) in [6.07, 6.45) is -0.189. The molecule has 0 bridgehead atoms. The van der Waals surface area contributed by atoms with Gasteiger partial charge in [-0.1, -0.05) is 11.8 Å². The first-order chi connectivity index (χ1) is 8.43. The van der Waals surface area contributed by atoms with E-state index in [1.807, 2.05) is 0 Å². The van der Waals surface area contributed by atoms with E-state index < -0.39 is 29.2 Å². The third-order valence-corrected chi connectivity index (χ3v) is 4.05. The third kappa shape index (κ3) is 1.96. The molecule has 1 N–H and O–H groups in total. The number of aliphatic carboxylic acids is 1. The van der Waals surface area contributed by atoms with Gasteiger partial charge in [0, 0.05) is 19.2 Å². The van der Waals surface area contributed by atoms with Crippen molar-refractivity contribution in [3.8, 4) is 0 Å². The van der Waals surface area contributed by atoms with Crippen LogP contribution in [0, 0.1) is 0 Å². The minimum atomic E-state index is -1.03. The van der Waals surface area contributed by atoms with Crippen LogP contribution in [0.25, 0.3) is 0 Å². The molecule has 2 heterocycles. The van der Waals surface area contributed by atoms with E-state index in [0.717, 1.165) is 16.7 Å². The lowest BCUT2D eigenvalue weighted by Crippen LogP contribution is -2.62. The second-order valence-corrected chi connectivity index (χ2v) is 5.17. The third-order valence-electron chi connectivity index (χ3n) is 3.13. The van der Waals surface area contributed by atoms with E-state index in [0.29, 0.717) is 0 Å². The van der Waals surface area contributed by atoms with Crippen LogP contribution < -0.4 is 0 Å². The van der Waals surface area contributed by atoms with Crippen molar-refractivity contribution in [2.45, 2.75) is 24.9 Å². The molecule has 2 fully saturated rings. The van der Waals surface area contributed by atoms with Crippen LogP contribution in [0.4, 0.5) is 4.79 Å². The largest absolute Gasteiger partial charge is 0.481 e. The van der Waals surface area contributed by atoms with Crippen LogP contribution in [-0.2, 0) is 14.4 Å². The maximum Gasteiger partial charge on any atom is 0.303 e. The molecule has 0 aliphatic carbocycles. The Labute approximate surface area is 107 Å². The van der Waals surface area contributed by atoms with E-state index in [1.54, 1.807) is 0 Å². The van der Waals surface area contributed by atoms with Gasteiger partial charge in [-0.25, -0.2) is 0 Å². The zero-order valence-corrected chi connectivity index (χ0v) is 10.5. The van der Waals surface area contributed by atoms with Crippen LogP contribution in [0.3, 0.4) is 0 Å². The average molecular weight is 272 g/mol. The fourth-order valence-corrected chi connectivity index (χ4v) is 3.09. The first-order valence-corrected chi connectivity index (χ1v) is 6.40. The molecule has 98 valence electrons. The number of hydrogen-bond acceptors (Lipinski definition) is 5. The Morgan fingerprint density at radius 2 is 2.06 bits per heavy atom. The van der Waals surface area contributed by atoms with Gasteiger partial charge in [0.25, 0.3) is 11.1 Å². The smallest absolute Gasteiger partial charge is 0.303 e. The highest BCUT2D eigenvalue weighted by Crippen LogP contribution is 2.31. The minimum absolute atomic E-state index is 0.0254. The van der Waals surface area contributed by atoms with Gasteiger partial charge in [-0.15, -0.1) is 0 Å². The normalized spacial score (nSPS) is 27.7. The molecule has 7 nitrogen and oxygen atoms in total. The van der Waals surface area contributed by atoms with Gasteiger partial charge in [-0.2, -0.15) is 0 Å². The molecule has 2 atom stereocenters. The summed E-state index contributed by atoms with van der Waals surface area (Å²) < 4.78 is 0. The van der Waals surface area contributed by atoms with E-state index in [2.05, 4.69) is 0 Å². The highest BCUT2D eigenvalue weighted by molar-refractivity contribution is 8.14. The molecule has 0 aromatic carbocycles. The predicted octanol–water partition coefficient (Wildman–Crippen LogP) is -0.244. The Morgan fingerprint density at radius 3 is 2.67 bits per heavy atom. The Morgan fingerprint density at radius 1 is 1.39 bits per heavy atom. The molecule has 2 unspecified atom stereocenters. The molecule has 3 amide bonds. The number of imide groups is 1. The van der Waals surface area contributed by atoms with Gasteiger partial charge >= 0.3 is 5.97 Å². The first-order valence-electron chi connectivity index (χ1n) is 5.41. The predicted molar refractivity (Wildman–Crippen MR) is 61.9 cm³/mol. The summed E-state index contributed by atoms with van der Waals surface area (Å²) in [5.41, 5.74) is 0. The van der Waals surface area contributed by atoms with Crippen molar-refractivity contribution in [3.63, 3.8) is 0 Å². The number of likely N-dealkylation sites (N-methyl/N-ethyl adjacent to an activating group) is 1. The van der Waals surface area contributed by atoms with Crippen LogP contribution >= 0.6 is 11.8 Å². The van der Waals surface area contributed by atoms with Crippen molar-refractivity contribution in [1.29, 1.82) is 0 Å². The van der Waals surface area contributed by atoms with Crippen molar-refractivity contribution in [2.24, 2.45) is 0 Å². The zero-order valence-electron chi connectivity index (χ0n) is 9.66. The van der Waals surface area contributed by atoms with Gasteiger partial charge < -0.3 is 10.0 Å². The van der Waals surface area contributed by atoms with Crippen molar-refractivity contribution in [2.75, 3.05) is 12.8 Å². The quantitative estimate of drug-likeness (QED) is 0.761. The lowest BCUT2D eigenvalue weighted by molar-refractivity contribution is -0.155. The summed E-state index contributed by atoms with van der Waals surface area (Å²) >= 11 is 0.941. The van der Waals surface area contributed by atoms with E-state index >= 15 is 0 Å². The molecule has 2 rings (SSSR count). The summed E-state index contributed by atoms with van der Waals surface area (Å²) in [7, 11) is 1.47. The van der Waals surface area contributed by atoms with Crippen molar-refractivity contribution < 1.29 is 24.3 Å². The summed E-state index contributed by atoms with van der Waals surface area (Å²) in [4.78, 5) is 48.4. The number of thioether (sulfide) groups is 1. The Bertz CT molecular complexity index is 438. The maximum absolute atomic E-state index is 12.1. The fourth-order valence-electron chi connectivity index (χ4n) is 2.14. The van der Waals surface area contributed by atoms with E-state index in [4.69, 9.17) is 5.11 Å². The summed E-state index contributed by atoms with van der Waals surface area (Å²) in [6, 6.07) is -1.58. The number of fused-ring (bicyclic) bond motifs is 1. The molecule has 8 heteroatoms. The van der Waals surface area contributed by atoms with Crippen LogP contribution in [0.1, 0.15) is 12.8 Å². The monoisotopic (exact) mass is 272 g/mol. The Hall–Kier alpha value is -1.57. The number of amides is 3. The van der Waals surface area contributed by atoms with Crippen LogP contribution in [0.15, 0.2) is 0 Å². The molecule has 2 aliphatic rings. The topological polar surface area (TPSA) is 95.0 Å². The molecular weight excluding hydrogens is 260 g/mol. The minimum Gasteiger partial charge on any atom is -0.481 e. The zero-order chi connectivity index (χ0) is 13.4. The average Bonchev–Trinajstić information content (AvgIpc) is 2.68. The van der Waals surface area contributed by atoms with E-state index in [1.165, 1.54) is 11.9 Å². The number of piperazine rings is 1. The number of carboxylic acids is 1. The standard InChI is InChI=1S/C10H12N2O5S/c1-11-5(2-3-7(13)14)9(16)12-6(8(11)15)4-18-10(12)17/h5-6H,2-4H2,1H3,(H,13,14). The molecule has 18 heavy (non-hydrogen) atoms. The number of nitrogens with zero attached hydrogens (tertiary/aromatic N) is 2. The van der Waals surface area contributed by atoms with Crippen molar-refractivity contribution in [1.82, 2.24) is 9.80 Å². The van der Waals surface area contributed by atoms with Crippen LogP contribution in [0.5, 0.6) is 0 Å². The van der Waals surface area contributed by atoms with Gasteiger partial charge in [-0.3, -0.25) is 24.1 Å². The molecule has 0 spiro atoms. The number of carbonyl (C=O) groups is 4. The summed E-state index contributed by atoms with van der Waals surface area (Å²) in [6.45, 7) is 0. The highest BCUT2D eigenvalue weighted by Gasteiger charge is 2.50. The molecule has 0 radical (unpaired) electrons. The SMILES string of the molecule is CN1C(=O)C2CSC(=O)N2C(=O)C1CCC(=O)O. The fraction of sp³-hybridized carbons (Fsp3) is 0.600. The van der Waals surface area contributed by atoms with Gasteiger partial charge in [0.15, 0.2) is 0 Å². The summed E-state index contributed by atoms with van der Waals surface area (Å²) in [5, 5.41) is 8.20. The van der Waals surface area contributed by atoms with E-state index in [9.17, 15) is 19.2 Å². The lowest BCUT2D eigenvalue weighted by Gasteiger charge is -2.38. The molecule has 0 saturated carbocycles. The number of hydrogen-bond donors (Lipinski definition) is 1. The highest BCUT2D eigenvalue weighted by atomic mass is 32.2. The maximum atomic E-state index is 12.1. The molecule has 2 aliphatic heterocycles. The molecular formula is C10H12N2O5S. The molecule has 0 aromatic heterocycles.